The molecule has 0 saturated heterocycles. The van der Waals surface area contributed by atoms with Gasteiger partial charge in [-0.25, -0.2) is 4.79 Å². The first-order valence-corrected chi connectivity index (χ1v) is 6.79. The number of Topliss-reactive ketones (excluding diaryl/α,β-unsaturated/α-hetero) is 1. The second kappa shape index (κ2) is 3.06. The molecule has 3 aliphatic rings. The van der Waals surface area contributed by atoms with E-state index in [2.05, 4.69) is 20.8 Å². The van der Waals surface area contributed by atoms with Crippen molar-refractivity contribution in [1.82, 2.24) is 0 Å². The zero-order valence-electron chi connectivity index (χ0n) is 11.2. The van der Waals surface area contributed by atoms with Crippen molar-refractivity contribution in [1.29, 1.82) is 0 Å². The van der Waals surface area contributed by atoms with Gasteiger partial charge >= 0.3 is 5.97 Å². The van der Waals surface area contributed by atoms with Crippen LogP contribution in [0, 0.1) is 22.2 Å². The summed E-state index contributed by atoms with van der Waals surface area (Å²) >= 11 is 0. The summed E-state index contributed by atoms with van der Waals surface area (Å²) < 4.78 is 0. The largest absolute Gasteiger partial charge is 0.478 e. The third kappa shape index (κ3) is 0.918. The van der Waals surface area contributed by atoms with Crippen molar-refractivity contribution in [3.8, 4) is 0 Å². The van der Waals surface area contributed by atoms with Gasteiger partial charge < -0.3 is 5.11 Å². The predicted molar refractivity (Wildman–Crippen MR) is 67.0 cm³/mol. The van der Waals surface area contributed by atoms with Crippen LogP contribution in [0.2, 0.25) is 0 Å². The minimum Gasteiger partial charge on any atom is -0.478 e. The van der Waals surface area contributed by atoms with E-state index >= 15 is 0 Å². The van der Waals surface area contributed by atoms with Crippen LogP contribution >= 0.6 is 0 Å². The van der Waals surface area contributed by atoms with Gasteiger partial charge in [-0.2, -0.15) is 0 Å². The summed E-state index contributed by atoms with van der Waals surface area (Å²) in [4.78, 5) is 24.2. The number of carboxylic acid groups (broad SMARTS) is 1. The molecule has 2 saturated carbocycles. The highest BCUT2D eigenvalue weighted by Gasteiger charge is 2.75. The number of aliphatic carboxylic acids is 1. The number of allylic oxidation sites excluding steroid dienone is 1. The molecule has 3 heteroatoms. The van der Waals surface area contributed by atoms with Gasteiger partial charge in [0.2, 0.25) is 0 Å². The van der Waals surface area contributed by atoms with E-state index in [9.17, 15) is 14.7 Å². The Morgan fingerprint density at radius 3 is 2.67 bits per heavy atom. The van der Waals surface area contributed by atoms with E-state index in [1.54, 1.807) is 0 Å². The Kier molecular flexibility index (Phi) is 2.03. The van der Waals surface area contributed by atoms with Crippen molar-refractivity contribution >= 4 is 11.8 Å². The Balaban J connectivity index is 2.32. The van der Waals surface area contributed by atoms with E-state index in [0.717, 1.165) is 19.3 Å². The minimum atomic E-state index is -0.894. The molecule has 0 aliphatic heterocycles. The molecule has 3 nitrogen and oxygen atoms in total. The first-order chi connectivity index (χ1) is 8.29. The molecular weight excluding hydrogens is 228 g/mol. The summed E-state index contributed by atoms with van der Waals surface area (Å²) in [5, 5.41) is 9.55. The first-order valence-electron chi connectivity index (χ1n) is 6.79. The molecule has 0 aromatic carbocycles. The molecule has 0 bridgehead atoms. The van der Waals surface area contributed by atoms with E-state index in [1.807, 2.05) is 6.08 Å². The second-order valence-electron chi connectivity index (χ2n) is 6.84. The topological polar surface area (TPSA) is 54.4 Å². The molecule has 0 amide bonds. The van der Waals surface area contributed by atoms with E-state index in [4.69, 9.17) is 0 Å². The van der Waals surface area contributed by atoms with Crippen molar-refractivity contribution in [2.75, 3.05) is 0 Å². The van der Waals surface area contributed by atoms with Crippen LogP contribution in [0.4, 0.5) is 0 Å². The fourth-order valence-electron chi connectivity index (χ4n) is 5.41. The Bertz CT molecular complexity index is 488. The molecule has 3 unspecified atom stereocenters. The van der Waals surface area contributed by atoms with Gasteiger partial charge in [-0.1, -0.05) is 26.8 Å². The SMILES string of the molecule is CC1CCC23CCC(=O)C12C(C(=O)O)=CC3(C)C. The third-order valence-electron chi connectivity index (χ3n) is 6.11. The number of carbonyl (C=O) groups is 2. The highest BCUT2D eigenvalue weighted by molar-refractivity contribution is 6.04. The van der Waals surface area contributed by atoms with Crippen LogP contribution in [0.3, 0.4) is 0 Å². The summed E-state index contributed by atoms with van der Waals surface area (Å²) in [5.41, 5.74) is -0.621. The minimum absolute atomic E-state index is 0.135. The molecule has 0 spiro atoms. The van der Waals surface area contributed by atoms with Crippen LogP contribution in [0.15, 0.2) is 11.6 Å². The number of carboxylic acids is 1. The van der Waals surface area contributed by atoms with Crippen LogP contribution in [0.1, 0.15) is 46.5 Å². The standard InChI is InChI=1S/C15H20O3/c1-9-4-6-14-7-5-11(16)15(9,14)10(12(17)18)8-13(14,2)3/h8-9H,4-7H2,1-3H3,(H,17,18). The van der Waals surface area contributed by atoms with Crippen molar-refractivity contribution in [3.05, 3.63) is 11.6 Å². The maximum absolute atomic E-state index is 12.6. The Hall–Kier alpha value is -1.12. The van der Waals surface area contributed by atoms with E-state index in [1.165, 1.54) is 0 Å². The summed E-state index contributed by atoms with van der Waals surface area (Å²) in [7, 11) is 0. The number of carbonyl (C=O) groups excluding carboxylic acids is 1. The smallest absolute Gasteiger partial charge is 0.332 e. The molecule has 1 N–H and O–H groups in total. The van der Waals surface area contributed by atoms with Gasteiger partial charge in [0.1, 0.15) is 5.78 Å². The molecule has 98 valence electrons. The second-order valence-corrected chi connectivity index (χ2v) is 6.84. The van der Waals surface area contributed by atoms with Crippen LogP contribution in [0.25, 0.3) is 0 Å². The normalized spacial score (nSPS) is 44.7. The summed E-state index contributed by atoms with van der Waals surface area (Å²) in [5.74, 6) is -0.558. The maximum Gasteiger partial charge on any atom is 0.332 e. The molecule has 3 aliphatic carbocycles. The third-order valence-corrected chi connectivity index (χ3v) is 6.11. The van der Waals surface area contributed by atoms with E-state index in [0.29, 0.717) is 12.0 Å². The van der Waals surface area contributed by atoms with Crippen molar-refractivity contribution in [2.45, 2.75) is 46.5 Å². The summed E-state index contributed by atoms with van der Waals surface area (Å²) in [6.45, 7) is 6.27. The van der Waals surface area contributed by atoms with E-state index < -0.39 is 11.4 Å². The molecule has 18 heavy (non-hydrogen) atoms. The van der Waals surface area contributed by atoms with Crippen molar-refractivity contribution < 1.29 is 14.7 Å². The number of hydrogen-bond acceptors (Lipinski definition) is 2. The highest BCUT2D eigenvalue weighted by atomic mass is 16.4. The van der Waals surface area contributed by atoms with Crippen LogP contribution < -0.4 is 0 Å². The lowest BCUT2D eigenvalue weighted by atomic mass is 9.56. The zero-order valence-corrected chi connectivity index (χ0v) is 11.2. The molecule has 3 atom stereocenters. The molecule has 2 fully saturated rings. The number of ketones is 1. The molecule has 0 radical (unpaired) electrons. The lowest BCUT2D eigenvalue weighted by Gasteiger charge is -2.44. The first kappa shape index (κ1) is 11.9. The zero-order chi connectivity index (χ0) is 13.3. The molecular formula is C15H20O3. The quantitative estimate of drug-likeness (QED) is 0.776. The molecule has 0 aromatic rings. The van der Waals surface area contributed by atoms with Crippen LogP contribution in [0.5, 0.6) is 0 Å². The number of rotatable bonds is 1. The Morgan fingerprint density at radius 1 is 1.39 bits per heavy atom. The van der Waals surface area contributed by atoms with Gasteiger partial charge in [-0.15, -0.1) is 0 Å². The summed E-state index contributed by atoms with van der Waals surface area (Å²) in [6.07, 6.45) is 5.25. The Morgan fingerprint density at radius 2 is 2.06 bits per heavy atom. The van der Waals surface area contributed by atoms with Gasteiger partial charge in [0.05, 0.1) is 5.41 Å². The average Bonchev–Trinajstić information content (AvgIpc) is 2.80. The average molecular weight is 248 g/mol. The van der Waals surface area contributed by atoms with Gasteiger partial charge in [0, 0.05) is 12.0 Å². The lowest BCUT2D eigenvalue weighted by molar-refractivity contribution is -0.140. The van der Waals surface area contributed by atoms with Crippen LogP contribution in [-0.4, -0.2) is 16.9 Å². The maximum atomic E-state index is 12.6. The van der Waals surface area contributed by atoms with Gasteiger partial charge in [-0.3, -0.25) is 4.79 Å². The van der Waals surface area contributed by atoms with Gasteiger partial charge in [0.15, 0.2) is 0 Å². The Labute approximate surface area is 107 Å². The predicted octanol–water partition coefficient (Wildman–Crippen LogP) is 2.80. The van der Waals surface area contributed by atoms with E-state index in [-0.39, 0.29) is 22.5 Å². The van der Waals surface area contributed by atoms with Gasteiger partial charge in [0.25, 0.3) is 0 Å². The number of hydrogen-bond donors (Lipinski definition) is 1. The van der Waals surface area contributed by atoms with Gasteiger partial charge in [-0.05, 0) is 36.0 Å². The lowest BCUT2D eigenvalue weighted by Crippen LogP contribution is -2.46. The van der Waals surface area contributed by atoms with Crippen molar-refractivity contribution in [2.24, 2.45) is 22.2 Å². The summed E-state index contributed by atoms with van der Waals surface area (Å²) in [6, 6.07) is 0. The molecule has 0 heterocycles. The highest BCUT2D eigenvalue weighted by Crippen LogP contribution is 2.76. The van der Waals surface area contributed by atoms with Crippen molar-refractivity contribution in [3.63, 3.8) is 0 Å². The fraction of sp³-hybridized carbons (Fsp3) is 0.733. The molecule has 3 rings (SSSR count). The molecule has 0 aromatic heterocycles. The monoisotopic (exact) mass is 248 g/mol. The fourth-order valence-corrected chi connectivity index (χ4v) is 5.41. The van der Waals surface area contributed by atoms with Crippen LogP contribution in [-0.2, 0) is 9.59 Å².